The fourth-order valence-electron chi connectivity index (χ4n) is 0.698. The first-order chi connectivity index (χ1) is 5.04. The summed E-state index contributed by atoms with van der Waals surface area (Å²) in [5, 5.41) is 0. The van der Waals surface area contributed by atoms with E-state index in [4.69, 9.17) is 4.84 Å². The lowest BCUT2D eigenvalue weighted by Crippen LogP contribution is -2.33. The smallest absolute Gasteiger partial charge is 0.248 e. The molecule has 1 unspecified atom stereocenters. The van der Waals surface area contributed by atoms with Crippen molar-refractivity contribution in [3.63, 3.8) is 0 Å². The molecule has 1 rings (SSSR count). The Kier molecular flexibility index (Phi) is 2.08. The van der Waals surface area contributed by atoms with Crippen LogP contribution < -0.4 is 5.48 Å². The van der Waals surface area contributed by atoms with Gasteiger partial charge in [-0.25, -0.2) is 15.3 Å². The van der Waals surface area contributed by atoms with Gasteiger partial charge in [0.1, 0.15) is 0 Å². The van der Waals surface area contributed by atoms with Gasteiger partial charge in [0.15, 0.2) is 12.1 Å². The van der Waals surface area contributed by atoms with E-state index in [1.54, 1.807) is 0 Å². The number of hydroxylamine groups is 1. The predicted octanol–water partition coefficient (Wildman–Crippen LogP) is 1.31. The highest BCUT2D eigenvalue weighted by Crippen LogP contribution is 2.17. The number of nitrogens with one attached hydrogen (secondary N) is 1. The van der Waals surface area contributed by atoms with Gasteiger partial charge < -0.3 is 0 Å². The summed E-state index contributed by atoms with van der Waals surface area (Å²) in [5.74, 6) is -3.31. The molecule has 1 aliphatic rings. The van der Waals surface area contributed by atoms with Gasteiger partial charge in [-0.05, 0) is 6.42 Å². The maximum atomic E-state index is 12.5. The number of aliphatic imine (C=N–C) groups is 1. The lowest BCUT2D eigenvalue weighted by molar-refractivity contribution is 0.0244. The predicted molar refractivity (Wildman–Crippen MR) is 36.4 cm³/mol. The number of alkyl halides is 2. The maximum absolute atomic E-state index is 12.5. The van der Waals surface area contributed by atoms with Crippen LogP contribution in [-0.2, 0) is 4.84 Å². The van der Waals surface area contributed by atoms with E-state index in [1.807, 2.05) is 6.92 Å². The average Bonchev–Trinajstić information content (AvgIpc) is 2.32. The largest absolute Gasteiger partial charge is 0.303 e. The standard InChI is InChI=1S/C6H10F2N2O/c1-3-4-9-5(10-11-4)6(2,7)8/h4H,3H2,1-2H3,(H,9,10). The van der Waals surface area contributed by atoms with Gasteiger partial charge in [0.2, 0.25) is 0 Å². The van der Waals surface area contributed by atoms with Crippen molar-refractivity contribution in [1.29, 1.82) is 0 Å². The van der Waals surface area contributed by atoms with Gasteiger partial charge in [-0.3, -0.25) is 0 Å². The molecule has 0 spiro atoms. The quantitative estimate of drug-likeness (QED) is 0.667. The topological polar surface area (TPSA) is 33.6 Å². The average molecular weight is 164 g/mol. The normalized spacial score (nSPS) is 24.7. The molecule has 0 saturated carbocycles. The Morgan fingerprint density at radius 1 is 1.73 bits per heavy atom. The van der Waals surface area contributed by atoms with Crippen molar-refractivity contribution in [2.24, 2.45) is 4.99 Å². The molecule has 0 amide bonds. The molecule has 3 nitrogen and oxygen atoms in total. The third kappa shape index (κ3) is 1.86. The van der Waals surface area contributed by atoms with Crippen molar-refractivity contribution in [1.82, 2.24) is 5.48 Å². The van der Waals surface area contributed by atoms with Gasteiger partial charge in [-0.15, -0.1) is 0 Å². The third-order valence-corrected chi connectivity index (χ3v) is 1.33. The van der Waals surface area contributed by atoms with E-state index in [0.29, 0.717) is 6.42 Å². The summed E-state index contributed by atoms with van der Waals surface area (Å²) in [6.45, 7) is 2.59. The molecule has 0 radical (unpaired) electrons. The Balaban J connectivity index is 2.62. The van der Waals surface area contributed by atoms with Gasteiger partial charge in [0.05, 0.1) is 0 Å². The first kappa shape index (κ1) is 8.39. The van der Waals surface area contributed by atoms with Crippen LogP contribution in [0.25, 0.3) is 0 Å². The Morgan fingerprint density at radius 2 is 2.36 bits per heavy atom. The molecule has 0 aromatic rings. The van der Waals surface area contributed by atoms with E-state index in [-0.39, 0.29) is 5.84 Å². The SMILES string of the molecule is CCC1N=C(C(C)(F)F)NO1. The number of amidine groups is 1. The molecule has 0 bridgehead atoms. The monoisotopic (exact) mass is 164 g/mol. The Labute approximate surface area is 63.4 Å². The zero-order valence-corrected chi connectivity index (χ0v) is 6.40. The fourth-order valence-corrected chi connectivity index (χ4v) is 0.698. The van der Waals surface area contributed by atoms with Crippen LogP contribution in [0.1, 0.15) is 20.3 Å². The molecule has 1 heterocycles. The van der Waals surface area contributed by atoms with E-state index >= 15 is 0 Å². The van der Waals surface area contributed by atoms with Crippen molar-refractivity contribution in [2.75, 3.05) is 0 Å². The van der Waals surface area contributed by atoms with Crippen LogP contribution in [-0.4, -0.2) is 18.0 Å². The van der Waals surface area contributed by atoms with Crippen LogP contribution in [0.4, 0.5) is 8.78 Å². The lowest BCUT2D eigenvalue weighted by Gasteiger charge is -2.07. The second-order valence-corrected chi connectivity index (χ2v) is 2.45. The number of nitrogens with zero attached hydrogens (tertiary/aromatic N) is 1. The third-order valence-electron chi connectivity index (χ3n) is 1.33. The Bertz CT molecular complexity index is 176. The Morgan fingerprint density at radius 3 is 2.64 bits per heavy atom. The van der Waals surface area contributed by atoms with Crippen molar-refractivity contribution in [2.45, 2.75) is 32.4 Å². The molecule has 64 valence electrons. The van der Waals surface area contributed by atoms with E-state index < -0.39 is 12.2 Å². The summed E-state index contributed by atoms with van der Waals surface area (Å²) in [5.41, 5.74) is 2.10. The number of hydrogen-bond donors (Lipinski definition) is 1. The van der Waals surface area contributed by atoms with Crippen molar-refractivity contribution >= 4 is 5.84 Å². The second-order valence-electron chi connectivity index (χ2n) is 2.45. The van der Waals surface area contributed by atoms with E-state index in [0.717, 1.165) is 6.92 Å². The van der Waals surface area contributed by atoms with Crippen LogP contribution in [0.15, 0.2) is 4.99 Å². The Hall–Kier alpha value is -0.710. The number of halogens is 2. The molecule has 0 aromatic carbocycles. The van der Waals surface area contributed by atoms with Crippen LogP contribution >= 0.6 is 0 Å². The van der Waals surface area contributed by atoms with Crippen LogP contribution in [0.3, 0.4) is 0 Å². The zero-order chi connectivity index (χ0) is 8.48. The van der Waals surface area contributed by atoms with Crippen LogP contribution in [0.5, 0.6) is 0 Å². The second kappa shape index (κ2) is 2.73. The highest BCUT2D eigenvalue weighted by Gasteiger charge is 2.34. The first-order valence-corrected chi connectivity index (χ1v) is 3.41. The molecule has 0 fully saturated rings. The molecule has 1 atom stereocenters. The van der Waals surface area contributed by atoms with Gasteiger partial charge in [0.25, 0.3) is 0 Å². The van der Waals surface area contributed by atoms with Gasteiger partial charge >= 0.3 is 5.92 Å². The molecule has 0 aromatic heterocycles. The van der Waals surface area contributed by atoms with Crippen molar-refractivity contribution in [3.8, 4) is 0 Å². The zero-order valence-electron chi connectivity index (χ0n) is 6.40. The molecule has 11 heavy (non-hydrogen) atoms. The summed E-state index contributed by atoms with van der Waals surface area (Å²) in [7, 11) is 0. The minimum absolute atomic E-state index is 0.385. The highest BCUT2D eigenvalue weighted by molar-refractivity contribution is 5.88. The van der Waals surface area contributed by atoms with Crippen molar-refractivity contribution < 1.29 is 13.6 Å². The van der Waals surface area contributed by atoms with E-state index in [9.17, 15) is 8.78 Å². The minimum Gasteiger partial charge on any atom is -0.248 e. The van der Waals surface area contributed by atoms with E-state index in [1.165, 1.54) is 0 Å². The van der Waals surface area contributed by atoms with Gasteiger partial charge in [-0.1, -0.05) is 6.92 Å². The molecule has 0 aliphatic carbocycles. The maximum Gasteiger partial charge on any atom is 0.303 e. The molecule has 1 N–H and O–H groups in total. The summed E-state index contributed by atoms with van der Waals surface area (Å²) in [6.07, 6.45) is 0.128. The summed E-state index contributed by atoms with van der Waals surface area (Å²) >= 11 is 0. The summed E-state index contributed by atoms with van der Waals surface area (Å²) in [4.78, 5) is 8.32. The molecule has 0 saturated heterocycles. The first-order valence-electron chi connectivity index (χ1n) is 3.41. The van der Waals surface area contributed by atoms with Crippen molar-refractivity contribution in [3.05, 3.63) is 0 Å². The molecule has 5 heteroatoms. The van der Waals surface area contributed by atoms with Gasteiger partial charge in [-0.2, -0.15) is 8.78 Å². The minimum atomic E-state index is -2.93. The molecular weight excluding hydrogens is 154 g/mol. The number of rotatable bonds is 2. The molecule has 1 aliphatic heterocycles. The lowest BCUT2D eigenvalue weighted by atomic mass is 10.3. The number of hydrogen-bond acceptors (Lipinski definition) is 3. The van der Waals surface area contributed by atoms with Crippen LogP contribution in [0.2, 0.25) is 0 Å². The fraction of sp³-hybridized carbons (Fsp3) is 0.833. The highest BCUT2D eigenvalue weighted by atomic mass is 19.3. The summed E-state index contributed by atoms with van der Waals surface area (Å²) < 4.78 is 24.9. The van der Waals surface area contributed by atoms with Gasteiger partial charge in [0, 0.05) is 6.92 Å². The van der Waals surface area contributed by atoms with Crippen LogP contribution in [0, 0.1) is 0 Å². The molecular formula is C6H10F2N2O. The van der Waals surface area contributed by atoms with E-state index in [2.05, 4.69) is 10.5 Å². The summed E-state index contributed by atoms with van der Waals surface area (Å²) in [6, 6.07) is 0.